The van der Waals surface area contributed by atoms with E-state index in [2.05, 4.69) is 17.0 Å². The largest absolute Gasteiger partial charge is 0.380 e. The van der Waals surface area contributed by atoms with Crippen molar-refractivity contribution in [2.45, 2.75) is 6.92 Å². The van der Waals surface area contributed by atoms with E-state index < -0.39 is 5.56 Å². The van der Waals surface area contributed by atoms with Crippen molar-refractivity contribution in [3.05, 3.63) is 62.0 Å². The molecule has 2 aromatic rings. The first-order valence-electron chi connectivity index (χ1n) is 7.09. The lowest BCUT2D eigenvalue weighted by Gasteiger charge is -2.11. The Morgan fingerprint density at radius 1 is 1.38 bits per heavy atom. The van der Waals surface area contributed by atoms with Crippen LogP contribution >= 0.6 is 34.8 Å². The van der Waals surface area contributed by atoms with Crippen molar-refractivity contribution in [1.29, 1.82) is 0 Å². The van der Waals surface area contributed by atoms with Gasteiger partial charge in [-0.15, -0.1) is 0 Å². The van der Waals surface area contributed by atoms with Crippen LogP contribution in [0, 0.1) is 0 Å². The molecule has 0 atom stereocenters. The first-order chi connectivity index (χ1) is 11.4. The third-order valence-electron chi connectivity index (χ3n) is 2.97. The van der Waals surface area contributed by atoms with Crippen molar-refractivity contribution >= 4 is 40.5 Å². The number of nitrogens with one attached hydrogen (secondary N) is 1. The van der Waals surface area contributed by atoms with Crippen LogP contribution in [0.2, 0.25) is 15.1 Å². The van der Waals surface area contributed by atoms with Crippen LogP contribution in [0.15, 0.2) is 41.3 Å². The summed E-state index contributed by atoms with van der Waals surface area (Å²) in [6.45, 7) is 7.06. The normalized spacial score (nSPS) is 10.7. The van der Waals surface area contributed by atoms with Crippen molar-refractivity contribution in [3.8, 4) is 5.69 Å². The summed E-state index contributed by atoms with van der Waals surface area (Å²) in [5.74, 6) is 0. The second-order valence-electron chi connectivity index (χ2n) is 5.12. The van der Waals surface area contributed by atoms with E-state index in [0.717, 1.165) is 10.3 Å². The molecule has 0 radical (unpaired) electrons. The lowest BCUT2D eigenvalue weighted by molar-refractivity contribution is 0.167. The maximum atomic E-state index is 12.4. The average molecular weight is 389 g/mol. The predicted octanol–water partition coefficient (Wildman–Crippen LogP) is 4.20. The molecular weight excluding hydrogens is 373 g/mol. The summed E-state index contributed by atoms with van der Waals surface area (Å²) < 4.78 is 6.50. The Morgan fingerprint density at radius 3 is 2.79 bits per heavy atom. The summed E-state index contributed by atoms with van der Waals surface area (Å²) in [7, 11) is 0. The second-order valence-corrected chi connectivity index (χ2v) is 6.34. The number of hydrogen-bond acceptors (Lipinski definition) is 4. The van der Waals surface area contributed by atoms with Gasteiger partial charge < -0.3 is 10.1 Å². The minimum absolute atomic E-state index is 0.0240. The van der Waals surface area contributed by atoms with Gasteiger partial charge in [-0.1, -0.05) is 47.0 Å². The Labute approximate surface area is 154 Å². The summed E-state index contributed by atoms with van der Waals surface area (Å²) in [5, 5.41) is 7.91. The van der Waals surface area contributed by atoms with E-state index in [9.17, 15) is 4.79 Å². The van der Waals surface area contributed by atoms with Gasteiger partial charge in [-0.05, 0) is 25.1 Å². The molecule has 0 unspecified atom stereocenters. The number of benzene rings is 1. The number of aromatic nitrogens is 2. The maximum Gasteiger partial charge on any atom is 0.292 e. The molecule has 5 nitrogen and oxygen atoms in total. The molecule has 0 bridgehead atoms. The summed E-state index contributed by atoms with van der Waals surface area (Å²) >= 11 is 18.1. The van der Waals surface area contributed by atoms with Crippen LogP contribution in [0.1, 0.15) is 6.92 Å². The highest BCUT2D eigenvalue weighted by Crippen LogP contribution is 2.24. The van der Waals surface area contributed by atoms with Gasteiger partial charge in [0.1, 0.15) is 5.02 Å². The van der Waals surface area contributed by atoms with Gasteiger partial charge in [-0.2, -0.15) is 9.78 Å². The molecule has 24 heavy (non-hydrogen) atoms. The van der Waals surface area contributed by atoms with Crippen LogP contribution in [0.25, 0.3) is 5.69 Å². The predicted molar refractivity (Wildman–Crippen MR) is 99.0 cm³/mol. The van der Waals surface area contributed by atoms with Crippen LogP contribution in [0.4, 0.5) is 5.69 Å². The van der Waals surface area contributed by atoms with Crippen LogP contribution in [-0.4, -0.2) is 29.5 Å². The molecule has 0 fully saturated rings. The number of nitrogens with zero attached hydrogens (tertiary/aromatic N) is 2. The molecule has 0 amide bonds. The SMILES string of the molecule is C=C(C)COCCNc1cnn(-c2ccc(Cl)cc2Cl)c(=O)c1Cl. The Balaban J connectivity index is 2.14. The zero-order valence-electron chi connectivity index (χ0n) is 13.0. The topological polar surface area (TPSA) is 56.1 Å². The molecule has 0 aliphatic carbocycles. The first kappa shape index (κ1) is 18.8. The Hall–Kier alpha value is -1.53. The van der Waals surface area contributed by atoms with Gasteiger partial charge in [0, 0.05) is 11.6 Å². The van der Waals surface area contributed by atoms with Crippen LogP contribution in [0.3, 0.4) is 0 Å². The molecule has 2 rings (SSSR count). The van der Waals surface area contributed by atoms with E-state index >= 15 is 0 Å². The van der Waals surface area contributed by atoms with Crippen molar-refractivity contribution < 1.29 is 4.74 Å². The first-order valence-corrected chi connectivity index (χ1v) is 8.23. The van der Waals surface area contributed by atoms with Crippen LogP contribution in [0.5, 0.6) is 0 Å². The van der Waals surface area contributed by atoms with Crippen molar-refractivity contribution in [2.24, 2.45) is 0 Å². The molecule has 1 heterocycles. The lowest BCUT2D eigenvalue weighted by Crippen LogP contribution is -2.23. The lowest BCUT2D eigenvalue weighted by atomic mass is 10.3. The zero-order valence-corrected chi connectivity index (χ0v) is 15.3. The average Bonchev–Trinajstić information content (AvgIpc) is 2.52. The highest BCUT2D eigenvalue weighted by Gasteiger charge is 2.12. The van der Waals surface area contributed by atoms with Gasteiger partial charge in [0.2, 0.25) is 0 Å². The second kappa shape index (κ2) is 8.53. The van der Waals surface area contributed by atoms with Gasteiger partial charge in [-0.3, -0.25) is 4.79 Å². The monoisotopic (exact) mass is 387 g/mol. The molecule has 0 saturated heterocycles. The molecule has 8 heteroatoms. The quantitative estimate of drug-likeness (QED) is 0.570. The third-order valence-corrected chi connectivity index (χ3v) is 3.87. The molecule has 0 saturated carbocycles. The number of halogens is 3. The molecule has 128 valence electrons. The molecule has 1 aromatic carbocycles. The van der Waals surface area contributed by atoms with Gasteiger partial charge in [0.05, 0.1) is 35.8 Å². The highest BCUT2D eigenvalue weighted by molar-refractivity contribution is 6.36. The van der Waals surface area contributed by atoms with Crippen molar-refractivity contribution in [2.75, 3.05) is 25.1 Å². The third kappa shape index (κ3) is 4.74. The fourth-order valence-electron chi connectivity index (χ4n) is 1.88. The van der Waals surface area contributed by atoms with E-state index in [-0.39, 0.29) is 5.02 Å². The summed E-state index contributed by atoms with van der Waals surface area (Å²) in [6, 6.07) is 4.76. The molecule has 0 aliphatic heterocycles. The van der Waals surface area contributed by atoms with Gasteiger partial charge in [-0.25, -0.2) is 0 Å². The Kier molecular flexibility index (Phi) is 6.69. The van der Waals surface area contributed by atoms with Crippen LogP contribution < -0.4 is 10.9 Å². The van der Waals surface area contributed by atoms with Gasteiger partial charge in [0.25, 0.3) is 5.56 Å². The standard InChI is InChI=1S/C16H16Cl3N3O2/c1-10(2)9-24-6-5-20-13-8-21-22(16(23)15(13)19)14-4-3-11(17)7-12(14)18/h3-4,7-8,20H,1,5-6,9H2,2H3. The Morgan fingerprint density at radius 2 is 2.12 bits per heavy atom. The minimum Gasteiger partial charge on any atom is -0.380 e. The number of hydrogen-bond donors (Lipinski definition) is 1. The van der Waals surface area contributed by atoms with Gasteiger partial charge in [0.15, 0.2) is 0 Å². The molecule has 1 aromatic heterocycles. The van der Waals surface area contributed by atoms with Crippen LogP contribution in [-0.2, 0) is 4.74 Å². The highest BCUT2D eigenvalue weighted by atomic mass is 35.5. The molecule has 1 N–H and O–H groups in total. The Bertz CT molecular complexity index is 806. The molecule has 0 spiro atoms. The summed E-state index contributed by atoms with van der Waals surface area (Å²) in [6.07, 6.45) is 1.47. The van der Waals surface area contributed by atoms with Crippen molar-refractivity contribution in [1.82, 2.24) is 9.78 Å². The fourth-order valence-corrected chi connectivity index (χ4v) is 2.57. The minimum atomic E-state index is -0.478. The van der Waals surface area contributed by atoms with Gasteiger partial charge >= 0.3 is 0 Å². The number of ether oxygens (including phenoxy) is 1. The van der Waals surface area contributed by atoms with E-state index in [4.69, 9.17) is 39.5 Å². The molecular formula is C16H16Cl3N3O2. The summed E-state index contributed by atoms with van der Waals surface area (Å²) in [4.78, 5) is 12.4. The van der Waals surface area contributed by atoms with E-state index in [0.29, 0.717) is 41.2 Å². The maximum absolute atomic E-state index is 12.4. The fraction of sp³-hybridized carbons (Fsp3) is 0.250. The van der Waals surface area contributed by atoms with E-state index in [1.807, 2.05) is 6.92 Å². The molecule has 0 aliphatic rings. The zero-order chi connectivity index (χ0) is 17.7. The van der Waals surface area contributed by atoms with E-state index in [1.54, 1.807) is 12.1 Å². The smallest absolute Gasteiger partial charge is 0.292 e. The van der Waals surface area contributed by atoms with E-state index in [1.165, 1.54) is 12.3 Å². The summed E-state index contributed by atoms with van der Waals surface area (Å²) in [5.41, 5.74) is 1.30. The van der Waals surface area contributed by atoms with Crippen molar-refractivity contribution in [3.63, 3.8) is 0 Å². The number of rotatable bonds is 7. The number of anilines is 1.